The topological polar surface area (TPSA) is 40.6 Å². The number of piperazine rings is 1. The molecule has 3 rings (SSSR count). The molecule has 25 heavy (non-hydrogen) atoms. The summed E-state index contributed by atoms with van der Waals surface area (Å²) in [5.41, 5.74) is 1.14. The summed E-state index contributed by atoms with van der Waals surface area (Å²) >= 11 is 14.1. The summed E-state index contributed by atoms with van der Waals surface area (Å²) in [6.45, 7) is 1.98. The minimum atomic E-state index is -0.120. The van der Waals surface area contributed by atoms with Crippen LogP contribution in [0.5, 0.6) is 0 Å². The highest BCUT2D eigenvalue weighted by Crippen LogP contribution is 2.21. The highest BCUT2D eigenvalue weighted by molar-refractivity contribution is 14.1. The smallest absolute Gasteiger partial charge is 0.254 e. The van der Waals surface area contributed by atoms with Crippen LogP contribution < -0.4 is 0 Å². The molecule has 2 amide bonds. The van der Waals surface area contributed by atoms with E-state index in [0.717, 1.165) is 3.57 Å². The molecule has 0 saturated carbocycles. The number of halogens is 3. The van der Waals surface area contributed by atoms with E-state index in [9.17, 15) is 9.59 Å². The first-order chi connectivity index (χ1) is 11.9. The summed E-state index contributed by atoms with van der Waals surface area (Å²) in [5.74, 6) is -0.125. The van der Waals surface area contributed by atoms with E-state index in [4.69, 9.17) is 23.2 Å². The Labute approximate surface area is 169 Å². The molecule has 7 heteroatoms. The number of carbonyl (C=O) groups is 2. The molecule has 2 aromatic carbocycles. The SMILES string of the molecule is O=C(c1ccc(I)cc1)N1CCN(C(=O)c2cc(Cl)cc(Cl)c2)CC1. The van der Waals surface area contributed by atoms with Gasteiger partial charge in [-0.3, -0.25) is 9.59 Å². The Balaban J connectivity index is 1.64. The van der Waals surface area contributed by atoms with Gasteiger partial charge < -0.3 is 9.80 Å². The first-order valence-corrected chi connectivity index (χ1v) is 9.58. The Morgan fingerprint density at radius 3 is 1.68 bits per heavy atom. The average Bonchev–Trinajstić information content (AvgIpc) is 2.60. The van der Waals surface area contributed by atoms with Crippen molar-refractivity contribution in [1.29, 1.82) is 0 Å². The molecule has 1 heterocycles. The van der Waals surface area contributed by atoms with Crippen LogP contribution in [0.25, 0.3) is 0 Å². The normalized spacial score (nSPS) is 14.5. The number of hydrogen-bond acceptors (Lipinski definition) is 2. The molecular weight excluding hydrogens is 474 g/mol. The first kappa shape index (κ1) is 18.5. The molecule has 130 valence electrons. The van der Waals surface area contributed by atoms with E-state index in [-0.39, 0.29) is 11.8 Å². The van der Waals surface area contributed by atoms with Crippen molar-refractivity contribution < 1.29 is 9.59 Å². The van der Waals surface area contributed by atoms with Gasteiger partial charge in [-0.2, -0.15) is 0 Å². The van der Waals surface area contributed by atoms with Gasteiger partial charge in [0.2, 0.25) is 0 Å². The minimum Gasteiger partial charge on any atom is -0.335 e. The Morgan fingerprint density at radius 1 is 0.760 bits per heavy atom. The van der Waals surface area contributed by atoms with Crippen molar-refractivity contribution in [1.82, 2.24) is 9.80 Å². The zero-order chi connectivity index (χ0) is 18.0. The predicted molar refractivity (Wildman–Crippen MR) is 107 cm³/mol. The number of amides is 2. The van der Waals surface area contributed by atoms with Crippen LogP contribution in [0.4, 0.5) is 0 Å². The minimum absolute atomic E-state index is 0.00528. The third kappa shape index (κ3) is 4.46. The Morgan fingerprint density at radius 2 is 1.20 bits per heavy atom. The molecule has 1 saturated heterocycles. The molecule has 0 unspecified atom stereocenters. The molecule has 0 radical (unpaired) electrons. The number of rotatable bonds is 2. The van der Waals surface area contributed by atoms with Gasteiger partial charge in [0.05, 0.1) is 0 Å². The van der Waals surface area contributed by atoms with Crippen LogP contribution in [-0.4, -0.2) is 47.8 Å². The van der Waals surface area contributed by atoms with Crippen molar-refractivity contribution in [2.24, 2.45) is 0 Å². The van der Waals surface area contributed by atoms with Crippen molar-refractivity contribution in [3.05, 3.63) is 67.2 Å². The molecule has 1 aliphatic rings. The van der Waals surface area contributed by atoms with Crippen LogP contribution in [0.1, 0.15) is 20.7 Å². The first-order valence-electron chi connectivity index (χ1n) is 7.74. The number of benzene rings is 2. The van der Waals surface area contributed by atoms with Crippen molar-refractivity contribution in [3.8, 4) is 0 Å². The zero-order valence-corrected chi connectivity index (χ0v) is 16.9. The van der Waals surface area contributed by atoms with Gasteiger partial charge in [-0.25, -0.2) is 0 Å². The van der Waals surface area contributed by atoms with E-state index in [1.807, 2.05) is 24.3 Å². The lowest BCUT2D eigenvalue weighted by Crippen LogP contribution is -2.50. The maximum absolute atomic E-state index is 12.6. The summed E-state index contributed by atoms with van der Waals surface area (Å²) in [7, 11) is 0. The van der Waals surface area contributed by atoms with Gasteiger partial charge in [0.25, 0.3) is 11.8 Å². The van der Waals surface area contributed by atoms with Gasteiger partial charge in [0.1, 0.15) is 0 Å². The van der Waals surface area contributed by atoms with E-state index >= 15 is 0 Å². The van der Waals surface area contributed by atoms with E-state index in [2.05, 4.69) is 22.6 Å². The summed E-state index contributed by atoms with van der Waals surface area (Å²) in [6.07, 6.45) is 0. The number of nitrogens with zero attached hydrogens (tertiary/aromatic N) is 2. The van der Waals surface area contributed by atoms with Gasteiger partial charge in [-0.05, 0) is 65.1 Å². The fraction of sp³-hybridized carbons (Fsp3) is 0.222. The second-order valence-electron chi connectivity index (χ2n) is 5.75. The molecule has 0 atom stereocenters. The third-order valence-corrected chi connectivity index (χ3v) is 5.21. The molecule has 0 N–H and O–H groups in total. The van der Waals surface area contributed by atoms with Crippen molar-refractivity contribution in [2.75, 3.05) is 26.2 Å². The van der Waals surface area contributed by atoms with Gasteiger partial charge >= 0.3 is 0 Å². The summed E-state index contributed by atoms with van der Waals surface area (Å²) in [5, 5.41) is 0.867. The van der Waals surface area contributed by atoms with Gasteiger partial charge in [0.15, 0.2) is 0 Å². The molecular formula is C18H15Cl2IN2O2. The molecule has 0 aromatic heterocycles. The number of hydrogen-bond donors (Lipinski definition) is 0. The monoisotopic (exact) mass is 488 g/mol. The molecule has 1 aliphatic heterocycles. The maximum Gasteiger partial charge on any atom is 0.254 e. The molecule has 1 fully saturated rings. The van der Waals surface area contributed by atoms with Crippen LogP contribution >= 0.6 is 45.8 Å². The fourth-order valence-corrected chi connectivity index (χ4v) is 3.63. The number of carbonyl (C=O) groups excluding carboxylic acids is 2. The van der Waals surface area contributed by atoms with Gasteiger partial charge in [-0.1, -0.05) is 23.2 Å². The Hall–Kier alpha value is -1.31. The lowest BCUT2D eigenvalue weighted by atomic mass is 10.1. The molecule has 4 nitrogen and oxygen atoms in total. The van der Waals surface area contributed by atoms with Crippen molar-refractivity contribution in [3.63, 3.8) is 0 Å². The van der Waals surface area contributed by atoms with Crippen LogP contribution in [-0.2, 0) is 0 Å². The van der Waals surface area contributed by atoms with E-state index < -0.39 is 0 Å². The van der Waals surface area contributed by atoms with E-state index in [1.165, 1.54) is 0 Å². The van der Waals surface area contributed by atoms with E-state index in [0.29, 0.717) is 47.4 Å². The van der Waals surface area contributed by atoms with Crippen LogP contribution in [0.3, 0.4) is 0 Å². The summed E-state index contributed by atoms with van der Waals surface area (Å²) < 4.78 is 1.09. The molecule has 2 aromatic rings. The van der Waals surface area contributed by atoms with Gasteiger partial charge in [0, 0.05) is 50.9 Å². The largest absolute Gasteiger partial charge is 0.335 e. The standard InChI is InChI=1S/C18H15Cl2IN2O2/c19-14-9-13(10-15(20)11-14)18(25)23-7-5-22(6-8-23)17(24)12-1-3-16(21)4-2-12/h1-4,9-11H,5-8H2. The third-order valence-electron chi connectivity index (χ3n) is 4.05. The lowest BCUT2D eigenvalue weighted by Gasteiger charge is -2.35. The Bertz CT molecular complexity index is 783. The van der Waals surface area contributed by atoms with Gasteiger partial charge in [-0.15, -0.1) is 0 Å². The highest BCUT2D eigenvalue weighted by Gasteiger charge is 2.25. The van der Waals surface area contributed by atoms with Crippen LogP contribution in [0.15, 0.2) is 42.5 Å². The predicted octanol–water partition coefficient (Wildman–Crippen LogP) is 4.20. The zero-order valence-electron chi connectivity index (χ0n) is 13.2. The fourth-order valence-electron chi connectivity index (χ4n) is 2.75. The average molecular weight is 489 g/mol. The lowest BCUT2D eigenvalue weighted by molar-refractivity contribution is 0.0535. The van der Waals surface area contributed by atoms with Crippen molar-refractivity contribution in [2.45, 2.75) is 0 Å². The van der Waals surface area contributed by atoms with Crippen LogP contribution in [0.2, 0.25) is 10.0 Å². The molecule has 0 bridgehead atoms. The van der Waals surface area contributed by atoms with Crippen LogP contribution in [0, 0.1) is 3.57 Å². The molecule has 0 aliphatic carbocycles. The van der Waals surface area contributed by atoms with Crippen molar-refractivity contribution >= 4 is 57.6 Å². The highest BCUT2D eigenvalue weighted by atomic mass is 127. The molecule has 0 spiro atoms. The maximum atomic E-state index is 12.6. The second-order valence-corrected chi connectivity index (χ2v) is 7.87. The quantitative estimate of drug-likeness (QED) is 0.594. The Kier molecular flexibility index (Phi) is 5.86. The summed E-state index contributed by atoms with van der Waals surface area (Å²) in [4.78, 5) is 28.6. The van der Waals surface area contributed by atoms with E-state index in [1.54, 1.807) is 28.0 Å². The second kappa shape index (κ2) is 7.93. The summed E-state index contributed by atoms with van der Waals surface area (Å²) in [6, 6.07) is 12.3.